The molecule has 0 N–H and O–H groups in total. The highest BCUT2D eigenvalue weighted by Gasteiger charge is 2.39. The quantitative estimate of drug-likeness (QED) is 0.230. The smallest absolute Gasteiger partial charge is 0.131 e. The molecule has 4 aliphatic rings. The molecule has 5 aromatic rings. The Bertz CT molecular complexity index is 1850. The van der Waals surface area contributed by atoms with Crippen LogP contribution in [0.25, 0.3) is 38.6 Å². The average Bonchev–Trinajstić information content (AvgIpc) is 3.66. The molecular formula is C36H27NOS. The first-order valence-electron chi connectivity index (χ1n) is 14.0. The van der Waals surface area contributed by atoms with E-state index in [1.165, 1.54) is 54.7 Å². The van der Waals surface area contributed by atoms with Crippen molar-refractivity contribution in [2.75, 3.05) is 0 Å². The zero-order valence-electron chi connectivity index (χ0n) is 21.5. The van der Waals surface area contributed by atoms with Gasteiger partial charge in [0.1, 0.15) is 11.9 Å². The maximum atomic E-state index is 6.82. The van der Waals surface area contributed by atoms with Gasteiger partial charge < -0.3 is 9.30 Å². The third-order valence-electron chi connectivity index (χ3n) is 9.03. The molecule has 4 aromatic carbocycles. The molecule has 0 bridgehead atoms. The molecule has 0 radical (unpaired) electrons. The SMILES string of the molecule is C1=CC2Sc3c(-c4cccc5c4OC4CCC(n6c7ccccc7c7ccccc76)=CC54)cccc3C2C=C1. The summed E-state index contributed by atoms with van der Waals surface area (Å²) >= 11 is 2.00. The number of fused-ring (bicyclic) bond motifs is 9. The van der Waals surface area contributed by atoms with Crippen LogP contribution in [-0.4, -0.2) is 15.9 Å². The summed E-state index contributed by atoms with van der Waals surface area (Å²) in [5.41, 5.74) is 9.29. The minimum absolute atomic E-state index is 0.191. The summed E-state index contributed by atoms with van der Waals surface area (Å²) in [6, 6.07) is 31.2. The van der Waals surface area contributed by atoms with Crippen molar-refractivity contribution in [2.24, 2.45) is 0 Å². The van der Waals surface area contributed by atoms with Gasteiger partial charge in [-0.3, -0.25) is 0 Å². The molecule has 188 valence electrons. The number of ether oxygens (including phenoxy) is 1. The van der Waals surface area contributed by atoms with Crippen LogP contribution in [0.1, 0.15) is 35.8 Å². The van der Waals surface area contributed by atoms with Crippen molar-refractivity contribution in [3.05, 3.63) is 126 Å². The second kappa shape index (κ2) is 8.27. The van der Waals surface area contributed by atoms with Gasteiger partial charge in [0.05, 0.1) is 11.0 Å². The summed E-state index contributed by atoms with van der Waals surface area (Å²) in [7, 11) is 0. The lowest BCUT2D eigenvalue weighted by Crippen LogP contribution is -2.22. The van der Waals surface area contributed by atoms with Gasteiger partial charge in [-0.25, -0.2) is 0 Å². The third-order valence-corrected chi connectivity index (χ3v) is 10.4. The number of benzene rings is 4. The lowest BCUT2D eigenvalue weighted by Gasteiger charge is -2.25. The first-order valence-corrected chi connectivity index (χ1v) is 14.9. The van der Waals surface area contributed by atoms with Crippen LogP contribution < -0.4 is 4.74 Å². The molecule has 4 unspecified atom stereocenters. The summed E-state index contributed by atoms with van der Waals surface area (Å²) in [5, 5.41) is 3.13. The van der Waals surface area contributed by atoms with E-state index in [9.17, 15) is 0 Å². The predicted octanol–water partition coefficient (Wildman–Crippen LogP) is 9.32. The topological polar surface area (TPSA) is 14.2 Å². The van der Waals surface area contributed by atoms with Crippen LogP contribution in [0.3, 0.4) is 0 Å². The lowest BCUT2D eigenvalue weighted by atomic mass is 9.85. The molecule has 2 aliphatic heterocycles. The minimum Gasteiger partial charge on any atom is -0.488 e. The first kappa shape index (κ1) is 21.9. The molecule has 0 fully saturated rings. The van der Waals surface area contributed by atoms with Crippen LogP contribution >= 0.6 is 11.8 Å². The fourth-order valence-electron chi connectivity index (χ4n) is 7.30. The van der Waals surface area contributed by atoms with Crippen LogP contribution in [0.5, 0.6) is 5.75 Å². The number of hydrogen-bond acceptors (Lipinski definition) is 2. The van der Waals surface area contributed by atoms with E-state index in [1.54, 1.807) is 0 Å². The third kappa shape index (κ3) is 3.11. The van der Waals surface area contributed by atoms with E-state index in [0.717, 1.165) is 18.6 Å². The molecular weight excluding hydrogens is 494 g/mol. The number of rotatable bonds is 2. The summed E-state index contributed by atoms with van der Waals surface area (Å²) in [5.74, 6) is 1.82. The van der Waals surface area contributed by atoms with Gasteiger partial charge in [0.2, 0.25) is 0 Å². The van der Waals surface area contributed by atoms with Gasteiger partial charge in [0.15, 0.2) is 0 Å². The lowest BCUT2D eigenvalue weighted by molar-refractivity contribution is 0.206. The molecule has 4 atom stereocenters. The van der Waals surface area contributed by atoms with Gasteiger partial charge >= 0.3 is 0 Å². The van der Waals surface area contributed by atoms with Crippen molar-refractivity contribution in [3.63, 3.8) is 0 Å². The Morgan fingerprint density at radius 1 is 0.692 bits per heavy atom. The van der Waals surface area contributed by atoms with Crippen molar-refractivity contribution in [3.8, 4) is 16.9 Å². The Balaban J connectivity index is 1.17. The van der Waals surface area contributed by atoms with Crippen LogP contribution in [0.2, 0.25) is 0 Å². The van der Waals surface area contributed by atoms with Crippen molar-refractivity contribution in [2.45, 2.75) is 40.9 Å². The number of allylic oxidation sites excluding steroid dienone is 4. The van der Waals surface area contributed by atoms with Crippen LogP contribution in [0.4, 0.5) is 0 Å². The standard InChI is InChI=1S/C36H27NOS/c1-4-16-31-23(9-1)24-10-2-5-17-32(24)37(31)22-19-20-33-30(21-22)27-13-7-12-26(35(27)38-33)29-15-8-14-28-25-11-3-6-18-34(25)39-36(28)29/h1-18,21,25,30,33-34H,19-20H2. The summed E-state index contributed by atoms with van der Waals surface area (Å²) in [4.78, 5) is 1.41. The molecule has 0 saturated carbocycles. The van der Waals surface area contributed by atoms with E-state index >= 15 is 0 Å². The van der Waals surface area contributed by atoms with E-state index in [-0.39, 0.29) is 12.0 Å². The maximum absolute atomic E-state index is 6.82. The second-order valence-electron chi connectivity index (χ2n) is 11.1. The van der Waals surface area contributed by atoms with Gasteiger partial charge in [0.25, 0.3) is 0 Å². The van der Waals surface area contributed by atoms with E-state index in [0.29, 0.717) is 11.2 Å². The fourth-order valence-corrected chi connectivity index (χ4v) is 8.77. The van der Waals surface area contributed by atoms with E-state index in [1.807, 2.05) is 11.8 Å². The zero-order chi connectivity index (χ0) is 25.5. The number of nitrogens with zero attached hydrogens (tertiary/aromatic N) is 1. The Morgan fingerprint density at radius 3 is 2.23 bits per heavy atom. The number of para-hydroxylation sites is 3. The summed E-state index contributed by atoms with van der Waals surface area (Å²) in [6.45, 7) is 0. The van der Waals surface area contributed by atoms with Crippen molar-refractivity contribution in [1.82, 2.24) is 4.57 Å². The van der Waals surface area contributed by atoms with E-state index in [2.05, 4.69) is 120 Å². The average molecular weight is 522 g/mol. The molecule has 2 nitrogen and oxygen atoms in total. The van der Waals surface area contributed by atoms with Gasteiger partial charge in [-0.05, 0) is 36.1 Å². The van der Waals surface area contributed by atoms with Gasteiger partial charge in [0, 0.05) is 49.6 Å². The van der Waals surface area contributed by atoms with Gasteiger partial charge in [-0.1, -0.05) is 103 Å². The molecule has 3 heteroatoms. The number of hydrogen-bond donors (Lipinski definition) is 0. The van der Waals surface area contributed by atoms with Crippen molar-refractivity contribution >= 4 is 39.3 Å². The van der Waals surface area contributed by atoms with Crippen LogP contribution in [0.15, 0.2) is 120 Å². The number of aromatic nitrogens is 1. The highest BCUT2D eigenvalue weighted by Crippen LogP contribution is 2.55. The normalized spacial score (nSPS) is 24.3. The largest absolute Gasteiger partial charge is 0.488 e. The van der Waals surface area contributed by atoms with Gasteiger partial charge in [-0.15, -0.1) is 11.8 Å². The predicted molar refractivity (Wildman–Crippen MR) is 163 cm³/mol. The van der Waals surface area contributed by atoms with Crippen molar-refractivity contribution in [1.29, 1.82) is 0 Å². The Kier molecular flexibility index (Phi) is 4.65. The van der Waals surface area contributed by atoms with Crippen LogP contribution in [-0.2, 0) is 0 Å². The molecule has 3 heterocycles. The molecule has 9 rings (SSSR count). The second-order valence-corrected chi connectivity index (χ2v) is 12.3. The Hall–Kier alpha value is -3.95. The number of thioether (sulfide) groups is 1. The molecule has 0 saturated heterocycles. The Morgan fingerprint density at radius 2 is 1.41 bits per heavy atom. The zero-order valence-corrected chi connectivity index (χ0v) is 22.3. The highest BCUT2D eigenvalue weighted by atomic mass is 32.2. The molecule has 0 amide bonds. The monoisotopic (exact) mass is 521 g/mol. The van der Waals surface area contributed by atoms with E-state index in [4.69, 9.17) is 4.74 Å². The van der Waals surface area contributed by atoms with Crippen molar-refractivity contribution < 1.29 is 4.74 Å². The molecule has 2 aliphatic carbocycles. The Labute approximate surface area is 232 Å². The maximum Gasteiger partial charge on any atom is 0.131 e. The molecule has 1 aromatic heterocycles. The summed E-state index contributed by atoms with van der Waals surface area (Å²) < 4.78 is 9.32. The highest BCUT2D eigenvalue weighted by molar-refractivity contribution is 8.00. The van der Waals surface area contributed by atoms with Gasteiger partial charge in [-0.2, -0.15) is 0 Å². The first-order chi connectivity index (χ1) is 19.3. The summed E-state index contributed by atoms with van der Waals surface area (Å²) in [6.07, 6.45) is 13.8. The van der Waals surface area contributed by atoms with E-state index < -0.39 is 0 Å². The molecule has 39 heavy (non-hydrogen) atoms. The minimum atomic E-state index is 0.191. The fraction of sp³-hybridized carbons (Fsp3) is 0.167. The van der Waals surface area contributed by atoms with Crippen LogP contribution in [0, 0.1) is 0 Å². The molecule has 0 spiro atoms.